The molecule has 2 heterocycles. The minimum absolute atomic E-state index is 0.347. The highest BCUT2D eigenvalue weighted by Gasteiger charge is 2.22. The first-order valence-corrected chi connectivity index (χ1v) is 6.81. The quantitative estimate of drug-likeness (QED) is 0.627. The van der Waals surface area contributed by atoms with Gasteiger partial charge in [-0.1, -0.05) is 18.4 Å². The Balaban J connectivity index is 2.21. The van der Waals surface area contributed by atoms with E-state index in [0.717, 1.165) is 38.3 Å². The van der Waals surface area contributed by atoms with Gasteiger partial charge in [-0.15, -0.1) is 0 Å². The van der Waals surface area contributed by atoms with Gasteiger partial charge in [0.1, 0.15) is 5.70 Å². The SMILES string of the molecule is C=CC=NN1C=CCC=C=C(N2CCN(C)CC2)C1=N. The lowest BCUT2D eigenvalue weighted by Gasteiger charge is -2.35. The second-order valence-electron chi connectivity index (χ2n) is 4.80. The molecule has 0 amide bonds. The van der Waals surface area contributed by atoms with Crippen molar-refractivity contribution in [3.63, 3.8) is 0 Å². The summed E-state index contributed by atoms with van der Waals surface area (Å²) in [7, 11) is 2.12. The smallest absolute Gasteiger partial charge is 0.177 e. The van der Waals surface area contributed by atoms with E-state index in [1.165, 1.54) is 0 Å². The molecular weight excluding hydrogens is 250 g/mol. The molecule has 0 bridgehead atoms. The van der Waals surface area contributed by atoms with Gasteiger partial charge in [-0.3, -0.25) is 5.41 Å². The lowest BCUT2D eigenvalue weighted by molar-refractivity contribution is 0.191. The van der Waals surface area contributed by atoms with E-state index < -0.39 is 0 Å². The van der Waals surface area contributed by atoms with Crippen LogP contribution in [-0.2, 0) is 0 Å². The molecule has 20 heavy (non-hydrogen) atoms. The van der Waals surface area contributed by atoms with Crippen molar-refractivity contribution in [2.45, 2.75) is 6.42 Å². The van der Waals surface area contributed by atoms with Gasteiger partial charge in [-0.25, -0.2) is 5.01 Å². The molecule has 0 aromatic rings. The number of hydrazone groups is 1. The summed E-state index contributed by atoms with van der Waals surface area (Å²) in [5.74, 6) is 0.347. The number of likely N-dealkylation sites (N-methyl/N-ethyl adjacent to an activating group) is 1. The van der Waals surface area contributed by atoms with E-state index in [2.05, 4.69) is 34.3 Å². The number of amidine groups is 1. The predicted molar refractivity (Wildman–Crippen MR) is 82.7 cm³/mol. The molecule has 1 fully saturated rings. The first-order valence-electron chi connectivity index (χ1n) is 6.81. The van der Waals surface area contributed by atoms with E-state index in [1.54, 1.807) is 17.3 Å². The summed E-state index contributed by atoms with van der Waals surface area (Å²) in [5.41, 5.74) is 4.05. The second kappa shape index (κ2) is 6.89. The fourth-order valence-electron chi connectivity index (χ4n) is 2.12. The number of nitrogens with one attached hydrogen (secondary N) is 1. The molecule has 0 spiro atoms. The first kappa shape index (κ1) is 14.3. The molecule has 5 nitrogen and oxygen atoms in total. The summed E-state index contributed by atoms with van der Waals surface area (Å²) >= 11 is 0. The Labute approximate surface area is 120 Å². The first-order chi connectivity index (χ1) is 9.72. The highest BCUT2D eigenvalue weighted by atomic mass is 15.5. The van der Waals surface area contributed by atoms with Gasteiger partial charge in [0.2, 0.25) is 0 Å². The van der Waals surface area contributed by atoms with Crippen molar-refractivity contribution in [2.24, 2.45) is 5.10 Å². The third-order valence-corrected chi connectivity index (χ3v) is 3.31. The summed E-state index contributed by atoms with van der Waals surface area (Å²) in [6.45, 7) is 7.45. The van der Waals surface area contributed by atoms with E-state index in [1.807, 2.05) is 18.4 Å². The summed E-state index contributed by atoms with van der Waals surface area (Å²) < 4.78 is 0. The predicted octanol–water partition coefficient (Wildman–Crippen LogP) is 1.64. The zero-order chi connectivity index (χ0) is 14.4. The van der Waals surface area contributed by atoms with Crippen LogP contribution in [-0.4, -0.2) is 60.1 Å². The van der Waals surface area contributed by atoms with Crippen LogP contribution >= 0.6 is 0 Å². The average molecular weight is 271 g/mol. The lowest BCUT2D eigenvalue weighted by Crippen LogP contribution is -2.46. The Bertz CT molecular complexity index is 488. The minimum Gasteiger partial charge on any atom is -0.360 e. The summed E-state index contributed by atoms with van der Waals surface area (Å²) in [6.07, 6.45) is 9.73. The number of piperazine rings is 1. The van der Waals surface area contributed by atoms with Gasteiger partial charge in [-0.05, 0) is 25.6 Å². The molecular formula is C15H21N5. The summed E-state index contributed by atoms with van der Waals surface area (Å²) in [4.78, 5) is 4.50. The maximum atomic E-state index is 8.36. The third-order valence-electron chi connectivity index (χ3n) is 3.31. The monoisotopic (exact) mass is 271 g/mol. The second-order valence-corrected chi connectivity index (χ2v) is 4.80. The third kappa shape index (κ3) is 3.47. The fourth-order valence-corrected chi connectivity index (χ4v) is 2.12. The van der Waals surface area contributed by atoms with Gasteiger partial charge in [-0.2, -0.15) is 5.10 Å². The van der Waals surface area contributed by atoms with Crippen LogP contribution in [0.3, 0.4) is 0 Å². The molecule has 0 unspecified atom stereocenters. The lowest BCUT2D eigenvalue weighted by atomic mass is 10.2. The zero-order valence-electron chi connectivity index (χ0n) is 11.9. The normalized spacial score (nSPS) is 21.1. The van der Waals surface area contributed by atoms with Gasteiger partial charge in [0, 0.05) is 38.6 Å². The number of hydrogen-bond acceptors (Lipinski definition) is 4. The topological polar surface area (TPSA) is 45.9 Å². The van der Waals surface area contributed by atoms with Crippen molar-refractivity contribution in [2.75, 3.05) is 33.2 Å². The molecule has 0 saturated carbocycles. The Morgan fingerprint density at radius 2 is 2.10 bits per heavy atom. The summed E-state index contributed by atoms with van der Waals surface area (Å²) in [5, 5.41) is 14.1. The van der Waals surface area contributed by atoms with Crippen molar-refractivity contribution in [3.05, 3.63) is 42.4 Å². The molecule has 0 aromatic heterocycles. The average Bonchev–Trinajstić information content (AvgIpc) is 2.44. The van der Waals surface area contributed by atoms with Crippen molar-refractivity contribution in [1.82, 2.24) is 14.8 Å². The van der Waals surface area contributed by atoms with Gasteiger partial charge < -0.3 is 9.80 Å². The Morgan fingerprint density at radius 3 is 2.80 bits per heavy atom. The highest BCUT2D eigenvalue weighted by Crippen LogP contribution is 2.14. The largest absolute Gasteiger partial charge is 0.360 e. The standard InChI is InChI=1S/C15H21N5/c1-3-8-17-20-9-6-4-5-7-14(15(20)16)19-12-10-18(2)11-13-19/h3,5-6,8-9,16H,1,4,10-13H2,2H3. The Hall–Kier alpha value is -2.10. The molecule has 1 saturated heterocycles. The molecule has 0 aromatic carbocycles. The van der Waals surface area contributed by atoms with Crippen LogP contribution in [0.5, 0.6) is 0 Å². The number of allylic oxidation sites excluding steroid dienone is 2. The number of rotatable bonds is 3. The van der Waals surface area contributed by atoms with Crippen molar-refractivity contribution in [3.8, 4) is 0 Å². The maximum absolute atomic E-state index is 8.36. The van der Waals surface area contributed by atoms with Crippen molar-refractivity contribution in [1.29, 1.82) is 5.41 Å². The highest BCUT2D eigenvalue weighted by molar-refractivity contribution is 5.96. The molecule has 2 rings (SSSR count). The van der Waals surface area contributed by atoms with E-state index in [4.69, 9.17) is 5.41 Å². The van der Waals surface area contributed by atoms with Gasteiger partial charge >= 0.3 is 0 Å². The number of hydrogen-bond donors (Lipinski definition) is 1. The molecule has 0 atom stereocenters. The van der Waals surface area contributed by atoms with Crippen molar-refractivity contribution < 1.29 is 0 Å². The van der Waals surface area contributed by atoms with E-state index in [9.17, 15) is 0 Å². The molecule has 2 aliphatic heterocycles. The molecule has 0 aliphatic carbocycles. The summed E-state index contributed by atoms with van der Waals surface area (Å²) in [6, 6.07) is 0. The van der Waals surface area contributed by atoms with E-state index in [-0.39, 0.29) is 0 Å². The minimum atomic E-state index is 0.347. The van der Waals surface area contributed by atoms with E-state index in [0.29, 0.717) is 5.84 Å². The van der Waals surface area contributed by atoms with Crippen LogP contribution in [0.15, 0.2) is 47.5 Å². The fraction of sp³-hybridized carbons (Fsp3) is 0.400. The van der Waals surface area contributed by atoms with Crippen LogP contribution in [0.2, 0.25) is 0 Å². The van der Waals surface area contributed by atoms with Gasteiger partial charge in [0.05, 0.1) is 0 Å². The molecule has 106 valence electrons. The molecule has 2 aliphatic rings. The van der Waals surface area contributed by atoms with Crippen LogP contribution in [0.1, 0.15) is 6.42 Å². The Morgan fingerprint density at radius 1 is 1.35 bits per heavy atom. The van der Waals surface area contributed by atoms with Crippen LogP contribution < -0.4 is 0 Å². The van der Waals surface area contributed by atoms with Crippen LogP contribution in [0, 0.1) is 5.41 Å². The Kier molecular flexibility index (Phi) is 4.93. The van der Waals surface area contributed by atoms with Crippen molar-refractivity contribution >= 4 is 12.1 Å². The van der Waals surface area contributed by atoms with Gasteiger partial charge in [0.25, 0.3) is 0 Å². The van der Waals surface area contributed by atoms with Gasteiger partial charge in [0.15, 0.2) is 5.84 Å². The maximum Gasteiger partial charge on any atom is 0.177 e. The zero-order valence-corrected chi connectivity index (χ0v) is 11.9. The van der Waals surface area contributed by atoms with Crippen LogP contribution in [0.4, 0.5) is 0 Å². The van der Waals surface area contributed by atoms with Crippen LogP contribution in [0.25, 0.3) is 0 Å². The van der Waals surface area contributed by atoms with E-state index >= 15 is 0 Å². The molecule has 1 N–H and O–H groups in total. The number of nitrogens with zero attached hydrogens (tertiary/aromatic N) is 4. The molecule has 5 heteroatoms. The molecule has 0 radical (unpaired) electrons.